The first kappa shape index (κ1) is 11.5. The minimum Gasteiger partial charge on any atom is -0.312 e. The molecule has 1 nitrogen and oxygen atoms in total. The predicted octanol–water partition coefficient (Wildman–Crippen LogP) is 3.42. The molecule has 0 heterocycles. The van der Waals surface area contributed by atoms with Gasteiger partial charge in [-0.05, 0) is 37.1 Å². The van der Waals surface area contributed by atoms with Gasteiger partial charge in [-0.1, -0.05) is 34.1 Å². The average molecular weight is 254 g/mol. The Kier molecular flexibility index (Phi) is 4.91. The first-order chi connectivity index (χ1) is 6.74. The van der Waals surface area contributed by atoms with E-state index < -0.39 is 0 Å². The Morgan fingerprint density at radius 1 is 1.50 bits per heavy atom. The highest BCUT2D eigenvalue weighted by molar-refractivity contribution is 9.10. The second kappa shape index (κ2) is 5.99. The third-order valence-corrected chi connectivity index (χ3v) is 2.94. The molecule has 2 heteroatoms. The fourth-order valence-corrected chi connectivity index (χ4v) is 1.61. The molecule has 0 radical (unpaired) electrons. The molecular formula is C12H16BrN. The van der Waals surface area contributed by atoms with Crippen LogP contribution in [0.15, 0.2) is 35.3 Å². The van der Waals surface area contributed by atoms with Crippen LogP contribution in [0.25, 0.3) is 0 Å². The number of halogens is 1. The lowest BCUT2D eigenvalue weighted by Gasteiger charge is -2.05. The minimum absolute atomic E-state index is 0.923. The van der Waals surface area contributed by atoms with Gasteiger partial charge in [0.25, 0.3) is 0 Å². The van der Waals surface area contributed by atoms with E-state index in [4.69, 9.17) is 0 Å². The van der Waals surface area contributed by atoms with Crippen LogP contribution in [0.4, 0.5) is 0 Å². The molecule has 0 aliphatic heterocycles. The highest BCUT2D eigenvalue weighted by atomic mass is 79.9. The lowest BCUT2D eigenvalue weighted by atomic mass is 10.1. The average Bonchev–Trinajstić information content (AvgIpc) is 2.18. The molecule has 14 heavy (non-hydrogen) atoms. The van der Waals surface area contributed by atoms with Crippen LogP contribution in [0.5, 0.6) is 0 Å². The van der Waals surface area contributed by atoms with Crippen LogP contribution in [0.2, 0.25) is 0 Å². The maximum absolute atomic E-state index is 3.68. The van der Waals surface area contributed by atoms with Crippen molar-refractivity contribution in [1.29, 1.82) is 0 Å². The van der Waals surface area contributed by atoms with E-state index in [1.54, 1.807) is 0 Å². The van der Waals surface area contributed by atoms with Crippen molar-refractivity contribution in [3.8, 4) is 0 Å². The summed E-state index contributed by atoms with van der Waals surface area (Å²) in [5.41, 5.74) is 2.59. The van der Waals surface area contributed by atoms with Gasteiger partial charge in [0.2, 0.25) is 0 Å². The largest absolute Gasteiger partial charge is 0.312 e. The normalized spacial score (nSPS) is 10.1. The van der Waals surface area contributed by atoms with Gasteiger partial charge in [0.15, 0.2) is 0 Å². The quantitative estimate of drug-likeness (QED) is 0.627. The molecule has 0 aliphatic rings. The minimum atomic E-state index is 0.923. The second-order valence-corrected chi connectivity index (χ2v) is 4.19. The monoisotopic (exact) mass is 253 g/mol. The summed E-state index contributed by atoms with van der Waals surface area (Å²) < 4.78 is 1.18. The zero-order valence-electron chi connectivity index (χ0n) is 8.52. The number of hydrogen-bond acceptors (Lipinski definition) is 1. The lowest BCUT2D eigenvalue weighted by molar-refractivity contribution is 0.695. The molecule has 0 amide bonds. The Hall–Kier alpha value is -0.600. The second-order valence-electron chi connectivity index (χ2n) is 3.34. The maximum Gasteiger partial charge on any atom is 0.0207 e. The summed E-state index contributed by atoms with van der Waals surface area (Å²) in [6, 6.07) is 6.45. The van der Waals surface area contributed by atoms with Gasteiger partial charge in [0.05, 0.1) is 0 Å². The van der Waals surface area contributed by atoms with Crippen molar-refractivity contribution in [2.75, 3.05) is 6.54 Å². The molecule has 1 rings (SSSR count). The molecule has 0 atom stereocenters. The van der Waals surface area contributed by atoms with Crippen LogP contribution >= 0.6 is 15.9 Å². The Morgan fingerprint density at radius 2 is 2.29 bits per heavy atom. The van der Waals surface area contributed by atoms with Crippen molar-refractivity contribution in [1.82, 2.24) is 5.32 Å². The van der Waals surface area contributed by atoms with Gasteiger partial charge in [0.1, 0.15) is 0 Å². The zero-order chi connectivity index (χ0) is 10.4. The molecule has 76 valence electrons. The van der Waals surface area contributed by atoms with Crippen molar-refractivity contribution in [3.63, 3.8) is 0 Å². The van der Waals surface area contributed by atoms with Crippen LogP contribution < -0.4 is 5.32 Å². The summed E-state index contributed by atoms with van der Waals surface area (Å²) in [6.07, 6.45) is 2.95. The van der Waals surface area contributed by atoms with E-state index in [9.17, 15) is 0 Å². The first-order valence-electron chi connectivity index (χ1n) is 4.80. The van der Waals surface area contributed by atoms with E-state index in [1.807, 2.05) is 6.08 Å². The van der Waals surface area contributed by atoms with E-state index in [0.717, 1.165) is 19.5 Å². The number of rotatable bonds is 5. The third-order valence-electron chi connectivity index (χ3n) is 2.09. The Labute approximate surface area is 94.3 Å². The van der Waals surface area contributed by atoms with Gasteiger partial charge in [-0.25, -0.2) is 0 Å². The van der Waals surface area contributed by atoms with Crippen molar-refractivity contribution in [2.45, 2.75) is 19.9 Å². The van der Waals surface area contributed by atoms with Crippen molar-refractivity contribution in [3.05, 3.63) is 46.5 Å². The number of benzene rings is 1. The van der Waals surface area contributed by atoms with Gasteiger partial charge in [-0.2, -0.15) is 0 Å². The third kappa shape index (κ3) is 3.64. The molecule has 0 bridgehead atoms. The van der Waals surface area contributed by atoms with Crippen LogP contribution in [0, 0.1) is 6.92 Å². The molecule has 1 N–H and O–H groups in total. The van der Waals surface area contributed by atoms with Gasteiger partial charge in [-0.15, -0.1) is 6.58 Å². The van der Waals surface area contributed by atoms with Gasteiger partial charge in [-0.3, -0.25) is 0 Å². The molecular weight excluding hydrogens is 238 g/mol. The van der Waals surface area contributed by atoms with Gasteiger partial charge in [0, 0.05) is 11.0 Å². The van der Waals surface area contributed by atoms with Crippen LogP contribution in [-0.2, 0) is 6.54 Å². The molecule has 0 aromatic heterocycles. The molecule has 0 unspecified atom stereocenters. The number of hydrogen-bond donors (Lipinski definition) is 1. The van der Waals surface area contributed by atoms with Gasteiger partial charge >= 0.3 is 0 Å². The summed E-state index contributed by atoms with van der Waals surface area (Å²) in [4.78, 5) is 0. The van der Waals surface area contributed by atoms with Crippen LogP contribution in [0.3, 0.4) is 0 Å². The lowest BCUT2D eigenvalue weighted by Crippen LogP contribution is -2.13. The smallest absolute Gasteiger partial charge is 0.0207 e. The maximum atomic E-state index is 3.68. The van der Waals surface area contributed by atoms with Crippen molar-refractivity contribution in [2.24, 2.45) is 0 Å². The molecule has 1 aromatic rings. The first-order valence-corrected chi connectivity index (χ1v) is 5.60. The van der Waals surface area contributed by atoms with E-state index in [2.05, 4.69) is 52.9 Å². The fraction of sp³-hybridized carbons (Fsp3) is 0.333. The molecule has 0 saturated heterocycles. The zero-order valence-corrected chi connectivity index (χ0v) is 10.1. The van der Waals surface area contributed by atoms with Crippen molar-refractivity contribution < 1.29 is 0 Å². The Morgan fingerprint density at radius 3 is 2.93 bits per heavy atom. The summed E-state index contributed by atoms with van der Waals surface area (Å²) in [7, 11) is 0. The SMILES string of the molecule is C=CCCNCc1ccc(C)c(Br)c1. The van der Waals surface area contributed by atoms with Gasteiger partial charge < -0.3 is 5.32 Å². The van der Waals surface area contributed by atoms with E-state index in [0.29, 0.717) is 0 Å². The number of nitrogens with one attached hydrogen (secondary N) is 1. The summed E-state index contributed by atoms with van der Waals surface area (Å²) >= 11 is 3.52. The van der Waals surface area contributed by atoms with E-state index in [-0.39, 0.29) is 0 Å². The summed E-state index contributed by atoms with van der Waals surface area (Å²) in [6.45, 7) is 7.70. The van der Waals surface area contributed by atoms with Crippen LogP contribution in [-0.4, -0.2) is 6.54 Å². The molecule has 0 aliphatic carbocycles. The summed E-state index contributed by atoms with van der Waals surface area (Å²) in [5.74, 6) is 0. The molecule has 0 saturated carbocycles. The number of aryl methyl sites for hydroxylation is 1. The van der Waals surface area contributed by atoms with Crippen LogP contribution in [0.1, 0.15) is 17.5 Å². The Bertz CT molecular complexity index is 307. The highest BCUT2D eigenvalue weighted by Crippen LogP contribution is 2.17. The molecule has 0 spiro atoms. The standard InChI is InChI=1S/C12H16BrN/c1-3-4-7-14-9-11-6-5-10(2)12(13)8-11/h3,5-6,8,14H,1,4,7,9H2,2H3. The Balaban J connectivity index is 2.43. The molecule has 0 fully saturated rings. The molecule has 1 aromatic carbocycles. The highest BCUT2D eigenvalue weighted by Gasteiger charge is 1.96. The van der Waals surface area contributed by atoms with Crippen molar-refractivity contribution >= 4 is 15.9 Å². The predicted molar refractivity (Wildman–Crippen MR) is 65.4 cm³/mol. The van der Waals surface area contributed by atoms with E-state index in [1.165, 1.54) is 15.6 Å². The fourth-order valence-electron chi connectivity index (χ4n) is 1.18. The summed E-state index contributed by atoms with van der Waals surface area (Å²) in [5, 5.41) is 3.36. The topological polar surface area (TPSA) is 12.0 Å². The van der Waals surface area contributed by atoms with E-state index >= 15 is 0 Å².